The lowest BCUT2D eigenvalue weighted by Gasteiger charge is -2.42. The van der Waals surface area contributed by atoms with Gasteiger partial charge in [0.1, 0.15) is 47.2 Å². The molecule has 2 aliphatic rings. The van der Waals surface area contributed by atoms with Gasteiger partial charge in [0.15, 0.2) is 30.0 Å². The molecular formula is C21H22O12. The predicted octanol–water partition coefficient (Wildman–Crippen LogP) is -0.990. The van der Waals surface area contributed by atoms with E-state index in [4.69, 9.17) is 14.2 Å². The highest BCUT2D eigenvalue weighted by Crippen LogP contribution is 2.44. The van der Waals surface area contributed by atoms with Crippen LogP contribution < -0.4 is 4.74 Å². The first-order chi connectivity index (χ1) is 15.6. The van der Waals surface area contributed by atoms with Crippen LogP contribution in [0, 0.1) is 0 Å². The molecule has 0 saturated carbocycles. The fraction of sp³-hybridized carbons (Fsp3) is 0.381. The third-order valence-electron chi connectivity index (χ3n) is 5.56. The Morgan fingerprint density at radius 2 is 1.61 bits per heavy atom. The second-order valence-corrected chi connectivity index (χ2v) is 7.74. The first kappa shape index (κ1) is 23.0. The van der Waals surface area contributed by atoms with E-state index in [1.54, 1.807) is 0 Å². The number of hydrogen-bond acceptors (Lipinski definition) is 12. The van der Waals surface area contributed by atoms with Crippen molar-refractivity contribution in [1.82, 2.24) is 0 Å². The van der Waals surface area contributed by atoms with E-state index in [9.17, 15) is 45.6 Å². The molecule has 0 radical (unpaired) electrons. The van der Waals surface area contributed by atoms with E-state index in [-0.39, 0.29) is 22.6 Å². The summed E-state index contributed by atoms with van der Waals surface area (Å²) in [6.07, 6.45) is -11.2. The van der Waals surface area contributed by atoms with Crippen molar-refractivity contribution in [3.8, 4) is 28.7 Å². The highest BCUT2D eigenvalue weighted by atomic mass is 16.7. The van der Waals surface area contributed by atoms with Gasteiger partial charge in [0.2, 0.25) is 5.78 Å². The van der Waals surface area contributed by atoms with Crippen LogP contribution in [0.1, 0.15) is 22.0 Å². The van der Waals surface area contributed by atoms with E-state index in [1.807, 2.05) is 0 Å². The third-order valence-corrected chi connectivity index (χ3v) is 5.56. The van der Waals surface area contributed by atoms with E-state index < -0.39 is 72.6 Å². The Balaban J connectivity index is 1.75. The first-order valence-electron chi connectivity index (χ1n) is 9.87. The van der Waals surface area contributed by atoms with Gasteiger partial charge < -0.3 is 55.1 Å². The number of Topliss-reactive ketones (excluding diaryl/α,β-unsaturated/α-hetero) is 1. The summed E-state index contributed by atoms with van der Waals surface area (Å²) in [6.45, 7) is -0.724. The number of aliphatic hydroxyl groups is 4. The molecule has 8 N–H and O–H groups in total. The largest absolute Gasteiger partial charge is 0.508 e. The Labute approximate surface area is 186 Å². The van der Waals surface area contributed by atoms with E-state index in [0.717, 1.165) is 24.3 Å². The summed E-state index contributed by atoms with van der Waals surface area (Å²) < 4.78 is 16.7. The van der Waals surface area contributed by atoms with Crippen molar-refractivity contribution in [2.24, 2.45) is 0 Å². The molecule has 0 unspecified atom stereocenters. The number of phenols is 4. The molecule has 0 bridgehead atoms. The van der Waals surface area contributed by atoms with Crippen LogP contribution in [-0.4, -0.2) is 90.1 Å². The van der Waals surface area contributed by atoms with Crippen LogP contribution in [0.25, 0.3) is 0 Å². The van der Waals surface area contributed by atoms with Crippen molar-refractivity contribution < 1.29 is 59.9 Å². The highest BCUT2D eigenvalue weighted by molar-refractivity contribution is 6.05. The van der Waals surface area contributed by atoms with Crippen molar-refractivity contribution in [2.75, 3.05) is 6.61 Å². The first-order valence-corrected chi connectivity index (χ1v) is 9.87. The minimum Gasteiger partial charge on any atom is -0.508 e. The van der Waals surface area contributed by atoms with E-state index in [1.165, 1.54) is 6.07 Å². The maximum atomic E-state index is 13.3. The third kappa shape index (κ3) is 4.04. The van der Waals surface area contributed by atoms with Crippen molar-refractivity contribution >= 4 is 5.78 Å². The van der Waals surface area contributed by atoms with Crippen LogP contribution in [0.2, 0.25) is 0 Å². The smallest absolute Gasteiger partial charge is 0.203 e. The number of aromatic hydroxyl groups is 4. The topological polar surface area (TPSA) is 207 Å². The fourth-order valence-corrected chi connectivity index (χ4v) is 3.82. The molecule has 0 aromatic heterocycles. The maximum absolute atomic E-state index is 13.3. The van der Waals surface area contributed by atoms with Gasteiger partial charge in [-0.1, -0.05) is 6.07 Å². The summed E-state index contributed by atoms with van der Waals surface area (Å²) in [7, 11) is 0. The molecule has 0 aliphatic carbocycles. The molecule has 2 heterocycles. The molecule has 2 aromatic rings. The molecule has 0 spiro atoms. The maximum Gasteiger partial charge on any atom is 0.203 e. The zero-order chi connectivity index (χ0) is 24.0. The number of hydrogen-bond donors (Lipinski definition) is 8. The van der Waals surface area contributed by atoms with E-state index >= 15 is 0 Å². The minimum absolute atomic E-state index is 0.140. The van der Waals surface area contributed by atoms with Gasteiger partial charge in [-0.3, -0.25) is 4.79 Å². The summed E-state index contributed by atoms with van der Waals surface area (Å²) in [6, 6.07) is 5.57. The van der Waals surface area contributed by atoms with E-state index in [2.05, 4.69) is 0 Å². The SMILES string of the molecule is O=C1c2c(O)cc(O)cc2O[C@@H](c2ccc(O)c(O)c2)[C@@H]1O[C@H]1O[C@@H](CO)[C@H](O)[C@@H](O)[C@@H]1O. The number of carbonyl (C=O) groups is 1. The zero-order valence-corrected chi connectivity index (χ0v) is 16.8. The van der Waals surface area contributed by atoms with Crippen LogP contribution in [0.5, 0.6) is 28.7 Å². The molecule has 2 aliphatic heterocycles. The number of fused-ring (bicyclic) bond motifs is 1. The summed E-state index contributed by atoms with van der Waals surface area (Å²) in [4.78, 5) is 13.3. The second-order valence-electron chi connectivity index (χ2n) is 7.74. The molecule has 12 heteroatoms. The van der Waals surface area contributed by atoms with Gasteiger partial charge in [-0.05, 0) is 17.7 Å². The summed E-state index contributed by atoms with van der Waals surface area (Å²) in [5.41, 5.74) is -0.191. The monoisotopic (exact) mass is 466 g/mol. The molecule has 178 valence electrons. The second kappa shape index (κ2) is 8.67. The summed E-state index contributed by atoms with van der Waals surface area (Å²) in [5, 5.41) is 79.2. The Hall–Kier alpha value is -3.13. The molecule has 1 fully saturated rings. The van der Waals surface area contributed by atoms with Gasteiger partial charge in [0, 0.05) is 12.1 Å². The standard InChI is InChI=1S/C21H22O12/c22-6-13-15(27)17(29)18(30)21(32-13)33-20-16(28)14-11(26)4-8(23)5-12(14)31-19(20)7-1-2-9(24)10(25)3-7/h1-5,13,15,17-27,29-30H,6H2/t13-,15-,17+,18-,19-,20+,21+/m0/s1. The van der Waals surface area contributed by atoms with Gasteiger partial charge in [0.25, 0.3) is 0 Å². The number of rotatable bonds is 4. The summed E-state index contributed by atoms with van der Waals surface area (Å²) in [5.74, 6) is -3.00. The lowest BCUT2D eigenvalue weighted by atomic mass is 9.92. The normalized spacial score (nSPS) is 31.6. The van der Waals surface area contributed by atoms with Gasteiger partial charge in [-0.15, -0.1) is 0 Å². The van der Waals surface area contributed by atoms with Gasteiger partial charge in [-0.2, -0.15) is 0 Å². The van der Waals surface area contributed by atoms with Crippen molar-refractivity contribution in [1.29, 1.82) is 0 Å². The van der Waals surface area contributed by atoms with Crippen LogP contribution in [0.4, 0.5) is 0 Å². The molecule has 12 nitrogen and oxygen atoms in total. The van der Waals surface area contributed by atoms with Crippen LogP contribution >= 0.6 is 0 Å². The molecule has 1 saturated heterocycles. The lowest BCUT2D eigenvalue weighted by Crippen LogP contribution is -2.60. The highest BCUT2D eigenvalue weighted by Gasteiger charge is 2.49. The number of ether oxygens (including phenoxy) is 3. The molecule has 7 atom stereocenters. The molecule has 4 rings (SSSR count). The number of benzene rings is 2. The quantitative estimate of drug-likeness (QED) is 0.256. The molecular weight excluding hydrogens is 444 g/mol. The Bertz CT molecular complexity index is 1050. The van der Waals surface area contributed by atoms with Gasteiger partial charge >= 0.3 is 0 Å². The van der Waals surface area contributed by atoms with Gasteiger partial charge in [-0.25, -0.2) is 0 Å². The Kier molecular flexibility index (Phi) is 6.05. The Morgan fingerprint density at radius 3 is 2.27 bits per heavy atom. The fourth-order valence-electron chi connectivity index (χ4n) is 3.82. The van der Waals surface area contributed by atoms with Crippen molar-refractivity contribution in [3.63, 3.8) is 0 Å². The van der Waals surface area contributed by atoms with Crippen LogP contribution in [0.3, 0.4) is 0 Å². The van der Waals surface area contributed by atoms with Gasteiger partial charge in [0.05, 0.1) is 6.61 Å². The molecule has 0 amide bonds. The van der Waals surface area contributed by atoms with Crippen molar-refractivity contribution in [3.05, 3.63) is 41.5 Å². The Morgan fingerprint density at radius 1 is 0.879 bits per heavy atom. The molecule has 33 heavy (non-hydrogen) atoms. The number of aliphatic hydroxyl groups excluding tert-OH is 4. The predicted molar refractivity (Wildman–Crippen MR) is 106 cm³/mol. The zero-order valence-electron chi connectivity index (χ0n) is 16.8. The molecule has 2 aromatic carbocycles. The number of carbonyl (C=O) groups excluding carboxylic acids is 1. The number of phenolic OH excluding ortho intramolecular Hbond substituents is 4. The number of ketones is 1. The van der Waals surface area contributed by atoms with E-state index in [0.29, 0.717) is 0 Å². The minimum atomic E-state index is -1.82. The lowest BCUT2D eigenvalue weighted by molar-refractivity contribution is -0.311. The summed E-state index contributed by atoms with van der Waals surface area (Å²) >= 11 is 0. The average Bonchev–Trinajstić information content (AvgIpc) is 2.76. The van der Waals surface area contributed by atoms with Crippen LogP contribution in [-0.2, 0) is 9.47 Å². The van der Waals surface area contributed by atoms with Crippen LogP contribution in [0.15, 0.2) is 30.3 Å². The average molecular weight is 466 g/mol. The van der Waals surface area contributed by atoms with Crippen molar-refractivity contribution in [2.45, 2.75) is 42.9 Å².